The fraction of sp³-hybridized carbons (Fsp3) is 0.409. The van der Waals surface area contributed by atoms with E-state index in [-0.39, 0.29) is 18.0 Å². The van der Waals surface area contributed by atoms with Crippen molar-refractivity contribution < 1.29 is 23.4 Å². The van der Waals surface area contributed by atoms with E-state index in [1.165, 1.54) is 13.2 Å². The number of alkyl halides is 2. The van der Waals surface area contributed by atoms with Gasteiger partial charge in [0.15, 0.2) is 17.5 Å². The van der Waals surface area contributed by atoms with Crippen molar-refractivity contribution in [3.8, 4) is 11.5 Å². The number of aliphatic imine (C=N–C) groups is 1. The molecular weight excluding hydrogens is 392 g/mol. The Morgan fingerprint density at radius 2 is 1.87 bits per heavy atom. The van der Waals surface area contributed by atoms with Gasteiger partial charge >= 0.3 is 6.61 Å². The number of hydrogen-bond donors (Lipinski definition) is 3. The monoisotopic (exact) mass is 421 g/mol. The van der Waals surface area contributed by atoms with E-state index in [9.17, 15) is 13.9 Å². The number of methoxy groups -OCH3 is 1. The van der Waals surface area contributed by atoms with Gasteiger partial charge < -0.3 is 25.2 Å². The summed E-state index contributed by atoms with van der Waals surface area (Å²) in [5, 5.41) is 17.0. The number of halogens is 2. The molecule has 8 heteroatoms. The lowest BCUT2D eigenvalue weighted by Gasteiger charge is -2.22. The summed E-state index contributed by atoms with van der Waals surface area (Å²) in [6.45, 7) is 2.11. The van der Waals surface area contributed by atoms with Gasteiger partial charge in [0, 0.05) is 13.1 Å². The number of nitrogens with zero attached hydrogens (tertiary/aromatic N) is 1. The van der Waals surface area contributed by atoms with Crippen molar-refractivity contribution in [3.63, 3.8) is 0 Å². The van der Waals surface area contributed by atoms with E-state index in [2.05, 4.69) is 20.4 Å². The molecule has 0 heterocycles. The lowest BCUT2D eigenvalue weighted by molar-refractivity contribution is -0.0512. The zero-order valence-electron chi connectivity index (χ0n) is 17.5. The quantitative estimate of drug-likeness (QED) is 0.405. The van der Waals surface area contributed by atoms with E-state index < -0.39 is 12.2 Å². The van der Waals surface area contributed by atoms with Crippen LogP contribution in [0.15, 0.2) is 53.5 Å². The van der Waals surface area contributed by atoms with E-state index >= 15 is 0 Å². The number of rotatable bonds is 10. The number of aliphatic hydroxyl groups is 1. The van der Waals surface area contributed by atoms with Crippen molar-refractivity contribution in [1.29, 1.82) is 0 Å². The zero-order valence-corrected chi connectivity index (χ0v) is 17.5. The van der Waals surface area contributed by atoms with Crippen LogP contribution in [-0.2, 0) is 12.0 Å². The second kappa shape index (κ2) is 11.3. The normalized spacial score (nSPS) is 13.6. The molecule has 0 spiro atoms. The van der Waals surface area contributed by atoms with Crippen molar-refractivity contribution in [2.45, 2.75) is 32.5 Å². The highest BCUT2D eigenvalue weighted by Crippen LogP contribution is 2.29. The summed E-state index contributed by atoms with van der Waals surface area (Å²) in [6, 6.07) is 14.3. The van der Waals surface area contributed by atoms with Crippen molar-refractivity contribution in [2.75, 3.05) is 26.7 Å². The highest BCUT2D eigenvalue weighted by molar-refractivity contribution is 5.79. The van der Waals surface area contributed by atoms with E-state index in [4.69, 9.17) is 4.74 Å². The number of nitrogens with one attached hydrogen (secondary N) is 2. The van der Waals surface area contributed by atoms with Gasteiger partial charge in [-0.05, 0) is 43.5 Å². The summed E-state index contributed by atoms with van der Waals surface area (Å²) in [4.78, 5) is 4.48. The fourth-order valence-electron chi connectivity index (χ4n) is 2.85. The maximum Gasteiger partial charge on any atom is 0.387 e. The average Bonchev–Trinajstić information content (AvgIpc) is 2.72. The van der Waals surface area contributed by atoms with Gasteiger partial charge in [0.25, 0.3) is 0 Å². The predicted octanol–water partition coefficient (Wildman–Crippen LogP) is 3.30. The van der Waals surface area contributed by atoms with Crippen LogP contribution in [-0.4, -0.2) is 44.4 Å². The molecule has 0 saturated carbocycles. The van der Waals surface area contributed by atoms with Gasteiger partial charge in [-0.15, -0.1) is 0 Å². The minimum Gasteiger partial charge on any atom is -0.493 e. The molecule has 0 aliphatic carbocycles. The summed E-state index contributed by atoms with van der Waals surface area (Å²) >= 11 is 0. The summed E-state index contributed by atoms with van der Waals surface area (Å²) in [7, 11) is 1.40. The van der Waals surface area contributed by atoms with E-state index in [1.807, 2.05) is 37.3 Å². The van der Waals surface area contributed by atoms with Crippen molar-refractivity contribution in [1.82, 2.24) is 10.6 Å². The standard InChI is InChI=1S/C22H29F2N3O3/c1-4-25-21(27-15-22(2,28)17-8-6-5-7-9-17)26-13-12-16-10-11-18(29-3)19(14-16)30-20(23)24/h5-11,14,20,28H,4,12-13,15H2,1-3H3,(H2,25,26,27). The van der Waals surface area contributed by atoms with Crippen LogP contribution >= 0.6 is 0 Å². The van der Waals surface area contributed by atoms with Crippen LogP contribution in [0.25, 0.3) is 0 Å². The topological polar surface area (TPSA) is 75.1 Å². The first-order valence-electron chi connectivity index (χ1n) is 9.77. The molecule has 1 unspecified atom stereocenters. The molecule has 0 aromatic heterocycles. The number of ether oxygens (including phenoxy) is 2. The molecule has 6 nitrogen and oxygen atoms in total. The first-order chi connectivity index (χ1) is 14.4. The molecule has 0 fully saturated rings. The largest absolute Gasteiger partial charge is 0.493 e. The van der Waals surface area contributed by atoms with Crippen LogP contribution in [0.5, 0.6) is 11.5 Å². The molecule has 0 saturated heterocycles. The summed E-state index contributed by atoms with van der Waals surface area (Å²) in [6.07, 6.45) is 0.559. The van der Waals surface area contributed by atoms with Crippen molar-refractivity contribution in [2.24, 2.45) is 4.99 Å². The molecular formula is C22H29F2N3O3. The Morgan fingerprint density at radius 3 is 2.50 bits per heavy atom. The fourth-order valence-corrected chi connectivity index (χ4v) is 2.85. The van der Waals surface area contributed by atoms with Gasteiger partial charge in [0.05, 0.1) is 13.7 Å². The van der Waals surface area contributed by atoms with Gasteiger partial charge in [-0.25, -0.2) is 4.99 Å². The third-order valence-electron chi connectivity index (χ3n) is 4.44. The summed E-state index contributed by atoms with van der Waals surface area (Å²) in [5.41, 5.74) is 0.502. The van der Waals surface area contributed by atoms with E-state index in [0.29, 0.717) is 25.5 Å². The molecule has 3 N–H and O–H groups in total. The Morgan fingerprint density at radius 1 is 1.13 bits per heavy atom. The molecule has 0 amide bonds. The Kier molecular flexibility index (Phi) is 8.86. The van der Waals surface area contributed by atoms with Crippen LogP contribution in [0.2, 0.25) is 0 Å². The molecule has 2 aromatic carbocycles. The Balaban J connectivity index is 1.98. The number of benzene rings is 2. The minimum atomic E-state index is -2.92. The highest BCUT2D eigenvalue weighted by atomic mass is 19.3. The van der Waals surface area contributed by atoms with Gasteiger partial charge in [-0.3, -0.25) is 0 Å². The van der Waals surface area contributed by atoms with Gasteiger partial charge in [0.2, 0.25) is 0 Å². The lowest BCUT2D eigenvalue weighted by atomic mass is 9.96. The van der Waals surface area contributed by atoms with E-state index in [0.717, 1.165) is 11.1 Å². The van der Waals surface area contributed by atoms with Gasteiger partial charge in [-0.2, -0.15) is 8.78 Å². The molecule has 0 bridgehead atoms. The van der Waals surface area contributed by atoms with Crippen molar-refractivity contribution >= 4 is 5.96 Å². The highest BCUT2D eigenvalue weighted by Gasteiger charge is 2.22. The van der Waals surface area contributed by atoms with Crippen LogP contribution in [0.4, 0.5) is 8.78 Å². The Hall–Kier alpha value is -2.87. The maximum absolute atomic E-state index is 12.6. The molecule has 0 aliphatic heterocycles. The third kappa shape index (κ3) is 7.18. The van der Waals surface area contributed by atoms with Crippen LogP contribution in [0.3, 0.4) is 0 Å². The smallest absolute Gasteiger partial charge is 0.387 e. The second-order valence-electron chi connectivity index (χ2n) is 6.88. The SMILES string of the molecule is CCNC(=NCC(C)(O)c1ccccc1)NCCc1ccc(OC)c(OC(F)F)c1. The predicted molar refractivity (Wildman–Crippen MR) is 113 cm³/mol. The maximum atomic E-state index is 12.6. The summed E-state index contributed by atoms with van der Waals surface area (Å²) in [5.74, 6) is 0.820. The average molecular weight is 421 g/mol. The van der Waals surface area contributed by atoms with Crippen LogP contribution in [0, 0.1) is 0 Å². The Labute approximate surface area is 175 Å². The van der Waals surface area contributed by atoms with Crippen LogP contribution in [0.1, 0.15) is 25.0 Å². The summed E-state index contributed by atoms with van der Waals surface area (Å²) < 4.78 is 34.7. The molecule has 164 valence electrons. The third-order valence-corrected chi connectivity index (χ3v) is 4.44. The molecule has 1 atom stereocenters. The van der Waals surface area contributed by atoms with Crippen molar-refractivity contribution in [3.05, 3.63) is 59.7 Å². The van der Waals surface area contributed by atoms with Gasteiger partial charge in [0.1, 0.15) is 5.60 Å². The first kappa shape index (κ1) is 23.4. The lowest BCUT2D eigenvalue weighted by Crippen LogP contribution is -2.39. The molecule has 0 aliphatic rings. The molecule has 30 heavy (non-hydrogen) atoms. The molecule has 2 aromatic rings. The minimum absolute atomic E-state index is 0.00415. The second-order valence-corrected chi connectivity index (χ2v) is 6.88. The first-order valence-corrected chi connectivity index (χ1v) is 9.77. The molecule has 2 rings (SSSR count). The van der Waals surface area contributed by atoms with Gasteiger partial charge in [-0.1, -0.05) is 36.4 Å². The van der Waals surface area contributed by atoms with Crippen LogP contribution < -0.4 is 20.1 Å². The number of guanidine groups is 1. The zero-order chi connectivity index (χ0) is 22.0. The number of hydrogen-bond acceptors (Lipinski definition) is 4. The molecule has 0 radical (unpaired) electrons. The van der Waals surface area contributed by atoms with E-state index in [1.54, 1.807) is 19.1 Å². The Bertz CT molecular complexity index is 815.